The molecule has 0 radical (unpaired) electrons. The highest BCUT2D eigenvalue weighted by molar-refractivity contribution is 5.87. The van der Waals surface area contributed by atoms with Crippen LogP contribution in [-0.4, -0.2) is 64.7 Å². The third-order valence-electron chi connectivity index (χ3n) is 6.68. The van der Waals surface area contributed by atoms with Crippen molar-refractivity contribution < 1.29 is 19.1 Å². The minimum atomic E-state index is -1.04. The number of carbonyl (C=O) groups is 2. The second kappa shape index (κ2) is 9.85. The van der Waals surface area contributed by atoms with Crippen LogP contribution in [0.1, 0.15) is 24.8 Å². The molecule has 1 N–H and O–H groups in total. The Labute approximate surface area is 198 Å². The van der Waals surface area contributed by atoms with Crippen LogP contribution in [0.3, 0.4) is 0 Å². The number of carbonyl (C=O) groups excluding carboxylic acids is 2. The lowest BCUT2D eigenvalue weighted by molar-refractivity contribution is -0.168. The van der Waals surface area contributed by atoms with Gasteiger partial charge in [-0.1, -0.05) is 30.3 Å². The Morgan fingerprint density at radius 3 is 2.88 bits per heavy atom. The summed E-state index contributed by atoms with van der Waals surface area (Å²) in [4.78, 5) is 32.6. The predicted molar refractivity (Wildman–Crippen MR) is 127 cm³/mol. The van der Waals surface area contributed by atoms with Gasteiger partial charge in [0.2, 0.25) is 5.91 Å². The first-order valence-corrected chi connectivity index (χ1v) is 12.0. The number of hydrogen-bond acceptors (Lipinski definition) is 5. The fourth-order valence-corrected chi connectivity index (χ4v) is 4.85. The van der Waals surface area contributed by atoms with E-state index in [0.717, 1.165) is 36.0 Å². The third kappa shape index (κ3) is 4.63. The van der Waals surface area contributed by atoms with Crippen LogP contribution in [0, 0.1) is 0 Å². The van der Waals surface area contributed by atoms with E-state index in [0.29, 0.717) is 32.7 Å². The highest BCUT2D eigenvalue weighted by Crippen LogP contribution is 2.28. The molecule has 1 fully saturated rings. The molecule has 2 aromatic carbocycles. The molecule has 0 saturated carbocycles. The largest absolute Gasteiger partial charge is 0.491 e. The van der Waals surface area contributed by atoms with Crippen LogP contribution in [0.5, 0.6) is 5.75 Å². The van der Waals surface area contributed by atoms with Crippen molar-refractivity contribution in [2.24, 2.45) is 0 Å². The van der Waals surface area contributed by atoms with E-state index < -0.39 is 5.60 Å². The van der Waals surface area contributed by atoms with Gasteiger partial charge in [-0.3, -0.25) is 9.59 Å². The Kier molecular flexibility index (Phi) is 6.49. The first kappa shape index (κ1) is 22.4. The van der Waals surface area contributed by atoms with Crippen molar-refractivity contribution in [1.29, 1.82) is 0 Å². The van der Waals surface area contributed by atoms with Crippen LogP contribution in [0.25, 0.3) is 11.0 Å². The van der Waals surface area contributed by atoms with Crippen molar-refractivity contribution in [2.45, 2.75) is 37.8 Å². The zero-order valence-corrected chi connectivity index (χ0v) is 19.2. The maximum atomic E-state index is 13.3. The molecule has 3 heterocycles. The smallest absolute Gasteiger partial charge is 0.254 e. The minimum Gasteiger partial charge on any atom is -0.491 e. The molecule has 3 aromatic rings. The molecule has 2 aliphatic heterocycles. The fraction of sp³-hybridized carbons (Fsp3) is 0.423. The highest BCUT2D eigenvalue weighted by atomic mass is 16.5. The van der Waals surface area contributed by atoms with E-state index in [2.05, 4.69) is 16.4 Å². The zero-order valence-electron chi connectivity index (χ0n) is 19.2. The molecule has 5 rings (SSSR count). The van der Waals surface area contributed by atoms with Crippen molar-refractivity contribution in [2.75, 3.05) is 32.8 Å². The third-order valence-corrected chi connectivity index (χ3v) is 6.68. The molecule has 1 atom stereocenters. The van der Waals surface area contributed by atoms with Crippen molar-refractivity contribution in [3.05, 3.63) is 60.4 Å². The van der Waals surface area contributed by atoms with Crippen molar-refractivity contribution in [3.63, 3.8) is 0 Å². The SMILES string of the molecule is O=C(Cn1cnc2ccccc21)N1CCOC2(CCCCc3ccccc3OCCNC2=O)C1. The molecule has 178 valence electrons. The number of morpholine rings is 1. The van der Waals surface area contributed by atoms with Gasteiger partial charge in [-0.2, -0.15) is 0 Å². The number of aryl methyl sites for hydroxylation is 1. The van der Waals surface area contributed by atoms with E-state index in [1.54, 1.807) is 11.2 Å². The Bertz CT molecular complexity index is 1180. The van der Waals surface area contributed by atoms with Crippen LogP contribution in [0.2, 0.25) is 0 Å². The van der Waals surface area contributed by atoms with Crippen molar-refractivity contribution in [3.8, 4) is 5.75 Å². The molecule has 1 aromatic heterocycles. The number of rotatable bonds is 2. The lowest BCUT2D eigenvalue weighted by Gasteiger charge is -2.42. The summed E-state index contributed by atoms with van der Waals surface area (Å²) in [6, 6.07) is 15.8. The van der Waals surface area contributed by atoms with Gasteiger partial charge in [0.1, 0.15) is 18.9 Å². The minimum absolute atomic E-state index is 0.0398. The number of aromatic nitrogens is 2. The average molecular weight is 463 g/mol. The van der Waals surface area contributed by atoms with Gasteiger partial charge in [-0.25, -0.2) is 4.98 Å². The van der Waals surface area contributed by atoms with Crippen LogP contribution in [0.4, 0.5) is 0 Å². The van der Waals surface area contributed by atoms with Gasteiger partial charge < -0.3 is 24.3 Å². The number of imidazole rings is 1. The Balaban J connectivity index is 1.29. The van der Waals surface area contributed by atoms with Gasteiger partial charge in [-0.05, 0) is 49.4 Å². The monoisotopic (exact) mass is 462 g/mol. The van der Waals surface area contributed by atoms with Crippen molar-refractivity contribution >= 4 is 22.8 Å². The van der Waals surface area contributed by atoms with Gasteiger partial charge in [-0.15, -0.1) is 0 Å². The van der Waals surface area contributed by atoms with E-state index in [1.165, 1.54) is 5.56 Å². The molecular formula is C26H30N4O4. The first-order valence-electron chi connectivity index (χ1n) is 12.0. The number of amides is 2. The molecule has 34 heavy (non-hydrogen) atoms. The topological polar surface area (TPSA) is 85.7 Å². The van der Waals surface area contributed by atoms with E-state index in [9.17, 15) is 9.59 Å². The second-order valence-electron chi connectivity index (χ2n) is 8.94. The number of ether oxygens (including phenoxy) is 2. The molecule has 2 amide bonds. The summed E-state index contributed by atoms with van der Waals surface area (Å²) in [6.45, 7) is 2.01. The van der Waals surface area contributed by atoms with Gasteiger partial charge in [0.05, 0.1) is 37.1 Å². The first-order chi connectivity index (χ1) is 16.6. The fourth-order valence-electron chi connectivity index (χ4n) is 4.85. The van der Waals surface area contributed by atoms with E-state index >= 15 is 0 Å². The van der Waals surface area contributed by atoms with Crippen LogP contribution >= 0.6 is 0 Å². The molecule has 1 saturated heterocycles. The summed E-state index contributed by atoms with van der Waals surface area (Å²) < 4.78 is 13.9. The summed E-state index contributed by atoms with van der Waals surface area (Å²) >= 11 is 0. The lowest BCUT2D eigenvalue weighted by atomic mass is 9.91. The van der Waals surface area contributed by atoms with Crippen LogP contribution < -0.4 is 10.1 Å². The summed E-state index contributed by atoms with van der Waals surface area (Å²) in [5.41, 5.74) is 1.92. The number of nitrogens with one attached hydrogen (secondary N) is 1. The predicted octanol–water partition coefficient (Wildman–Crippen LogP) is 2.56. The Hall–Kier alpha value is -3.39. The van der Waals surface area contributed by atoms with E-state index in [-0.39, 0.29) is 24.9 Å². The standard InChI is InChI=1S/C26H30N4O4/c31-24(17-30-19-28-21-9-2-3-10-22(21)30)29-14-16-34-26(18-29)12-6-5-8-20-7-1-4-11-23(20)33-15-13-27-25(26)32/h1-4,7,9-11,19H,5-6,8,12-18H2,(H,27,32). The molecule has 0 aliphatic carbocycles. The Morgan fingerprint density at radius 1 is 1.09 bits per heavy atom. The molecule has 8 nitrogen and oxygen atoms in total. The van der Waals surface area contributed by atoms with E-state index in [4.69, 9.17) is 9.47 Å². The maximum Gasteiger partial charge on any atom is 0.254 e. The summed E-state index contributed by atoms with van der Waals surface area (Å²) in [5, 5.41) is 2.98. The lowest BCUT2D eigenvalue weighted by Crippen LogP contribution is -2.61. The number of nitrogens with zero attached hydrogens (tertiary/aromatic N) is 3. The molecule has 2 aliphatic rings. The summed E-state index contributed by atoms with van der Waals surface area (Å²) in [6.07, 6.45) is 4.87. The molecule has 1 unspecified atom stereocenters. The number of benzene rings is 2. The van der Waals surface area contributed by atoms with Crippen LogP contribution in [0.15, 0.2) is 54.9 Å². The van der Waals surface area contributed by atoms with Gasteiger partial charge >= 0.3 is 0 Å². The number of fused-ring (bicyclic) bond motifs is 2. The number of hydrogen-bond donors (Lipinski definition) is 1. The second-order valence-corrected chi connectivity index (χ2v) is 8.94. The summed E-state index contributed by atoms with van der Waals surface area (Å²) in [7, 11) is 0. The van der Waals surface area contributed by atoms with E-state index in [1.807, 2.05) is 47.0 Å². The molecule has 0 bridgehead atoms. The molecular weight excluding hydrogens is 432 g/mol. The Morgan fingerprint density at radius 2 is 1.94 bits per heavy atom. The van der Waals surface area contributed by atoms with Crippen LogP contribution in [-0.2, 0) is 27.3 Å². The molecule has 8 heteroatoms. The molecule has 1 spiro atoms. The zero-order chi connectivity index (χ0) is 23.4. The van der Waals surface area contributed by atoms with Crippen molar-refractivity contribution in [1.82, 2.24) is 19.8 Å². The van der Waals surface area contributed by atoms with Gasteiger partial charge in [0, 0.05) is 6.54 Å². The summed E-state index contributed by atoms with van der Waals surface area (Å²) in [5.74, 6) is 0.669. The quantitative estimate of drug-likeness (QED) is 0.633. The van der Waals surface area contributed by atoms with Gasteiger partial charge in [0.15, 0.2) is 5.60 Å². The maximum absolute atomic E-state index is 13.3. The normalized spacial score (nSPS) is 21.8. The number of para-hydroxylation sites is 3. The van der Waals surface area contributed by atoms with Gasteiger partial charge in [0.25, 0.3) is 5.91 Å². The average Bonchev–Trinajstić information content (AvgIpc) is 3.27. The highest BCUT2D eigenvalue weighted by Gasteiger charge is 2.44.